The van der Waals surface area contributed by atoms with Crippen LogP contribution in [0.1, 0.15) is 175 Å². The molecule has 9 saturated heterocycles. The van der Waals surface area contributed by atoms with E-state index in [1.165, 1.54) is 149 Å². The minimum absolute atomic E-state index is 0.261. The highest BCUT2D eigenvalue weighted by Crippen LogP contribution is 2.40. The fraction of sp³-hybridized carbons (Fsp3) is 0.954. The quantitative estimate of drug-likeness (QED) is 0.269. The van der Waals surface area contributed by atoms with E-state index < -0.39 is 0 Å². The normalized spacial score (nSPS) is 31.9. The summed E-state index contributed by atoms with van der Waals surface area (Å²) in [7, 11) is 0. The molecule has 0 aromatic carbocycles. The van der Waals surface area contributed by atoms with E-state index in [4.69, 9.17) is 9.47 Å². The monoisotopic (exact) mass is 1090 g/mol. The van der Waals surface area contributed by atoms with Crippen LogP contribution in [-0.2, 0) is 22.6 Å². The smallest absolute Gasteiger partial charge is 0.122 e. The van der Waals surface area contributed by atoms with Crippen LogP contribution in [-0.4, -0.2) is 232 Å². The van der Waals surface area contributed by atoms with Crippen molar-refractivity contribution in [1.29, 1.82) is 0 Å². The summed E-state index contributed by atoms with van der Waals surface area (Å²) in [4.78, 5) is 25.2. The van der Waals surface area contributed by atoms with Crippen molar-refractivity contribution in [2.24, 2.45) is 35.5 Å². The Hall–Kier alpha value is -1.23. The molecule has 11 heterocycles. The molecule has 1 aromatic rings. The first-order chi connectivity index (χ1) is 36.4. The molecule has 0 amide bonds. The topological polar surface area (TPSA) is 74.2 Å². The molecular formula is C65H125N11O2. The molecule has 1 aliphatic carbocycles. The van der Waals surface area contributed by atoms with E-state index in [1.54, 1.807) is 0 Å². The Bertz CT molecular complexity index is 1810. The number of morpholine rings is 1. The van der Waals surface area contributed by atoms with Crippen LogP contribution in [0.15, 0.2) is 12.4 Å². The molecule has 78 heavy (non-hydrogen) atoms. The molecule has 8 atom stereocenters. The molecule has 1 aromatic heterocycles. The molecular weight excluding hydrogens is 967 g/mol. The first kappa shape index (κ1) is 64.3. The van der Waals surface area contributed by atoms with Crippen molar-refractivity contribution in [2.45, 2.75) is 228 Å². The zero-order valence-corrected chi connectivity index (χ0v) is 54.3. The van der Waals surface area contributed by atoms with Gasteiger partial charge in [-0.15, -0.1) is 0 Å². The van der Waals surface area contributed by atoms with Crippen LogP contribution in [0.25, 0.3) is 0 Å². The average molecular weight is 1090 g/mol. The van der Waals surface area contributed by atoms with E-state index in [1.807, 2.05) is 6.20 Å². The van der Waals surface area contributed by atoms with Gasteiger partial charge in [-0.05, 0) is 219 Å². The van der Waals surface area contributed by atoms with E-state index in [-0.39, 0.29) is 5.54 Å². The zero-order chi connectivity index (χ0) is 56.8. The number of piperidine rings is 2. The molecule has 12 rings (SSSR count). The van der Waals surface area contributed by atoms with Crippen LogP contribution in [0.5, 0.6) is 0 Å². The summed E-state index contributed by atoms with van der Waals surface area (Å²) in [6.07, 6.45) is 14.1. The van der Waals surface area contributed by atoms with Crippen molar-refractivity contribution in [2.75, 3.05) is 138 Å². The number of rotatable bonds is 0. The lowest BCUT2D eigenvalue weighted by Crippen LogP contribution is -2.61. The van der Waals surface area contributed by atoms with Crippen molar-refractivity contribution >= 4 is 0 Å². The van der Waals surface area contributed by atoms with Gasteiger partial charge in [0.05, 0.1) is 26.4 Å². The number of hydrogen-bond acceptors (Lipinski definition) is 12. The number of piperazine rings is 2. The van der Waals surface area contributed by atoms with Gasteiger partial charge in [0.15, 0.2) is 0 Å². The Morgan fingerprint density at radius 1 is 0.397 bits per heavy atom. The summed E-state index contributed by atoms with van der Waals surface area (Å²) in [6.45, 7) is 68.9. The van der Waals surface area contributed by atoms with Gasteiger partial charge in [0.2, 0.25) is 0 Å². The zero-order valence-electron chi connectivity index (χ0n) is 54.3. The summed E-state index contributed by atoms with van der Waals surface area (Å²) in [5, 5.41) is 3.47. The first-order valence-corrected chi connectivity index (χ1v) is 32.3. The summed E-state index contributed by atoms with van der Waals surface area (Å²) in [5.41, 5.74) is 2.06. The van der Waals surface area contributed by atoms with Gasteiger partial charge in [-0.2, -0.15) is 0 Å². The number of nitrogens with one attached hydrogen (secondary N) is 1. The van der Waals surface area contributed by atoms with Gasteiger partial charge >= 0.3 is 0 Å². The third kappa shape index (κ3) is 18.4. The van der Waals surface area contributed by atoms with Crippen molar-refractivity contribution in [3.05, 3.63) is 18.2 Å². The summed E-state index contributed by atoms with van der Waals surface area (Å²) in [5.74, 6) is 6.85. The number of nitrogens with zero attached hydrogens (tertiary/aromatic N) is 10. The van der Waals surface area contributed by atoms with Crippen LogP contribution in [0.3, 0.4) is 0 Å². The third-order valence-electron chi connectivity index (χ3n) is 20.4. The molecule has 0 radical (unpaired) electrons. The Balaban J connectivity index is 0.000000136. The maximum absolute atomic E-state index is 5.53. The summed E-state index contributed by atoms with van der Waals surface area (Å²) >= 11 is 0. The average Bonchev–Trinajstić information content (AvgIpc) is 4.23. The molecule has 0 bridgehead atoms. The molecule has 1 N–H and O–H groups in total. The highest BCUT2D eigenvalue weighted by atomic mass is 16.5. The van der Waals surface area contributed by atoms with Gasteiger partial charge in [0.25, 0.3) is 0 Å². The number of likely N-dealkylation sites (tertiary alicyclic amines) is 3. The Morgan fingerprint density at radius 2 is 0.885 bits per heavy atom. The highest BCUT2D eigenvalue weighted by molar-refractivity contribution is 4.99. The molecule has 13 nitrogen and oxygen atoms in total. The molecule has 10 aliphatic heterocycles. The van der Waals surface area contributed by atoms with Crippen molar-refractivity contribution < 1.29 is 9.47 Å². The van der Waals surface area contributed by atoms with E-state index in [2.05, 4.69) is 185 Å². The van der Waals surface area contributed by atoms with E-state index in [0.29, 0.717) is 33.7 Å². The molecule has 11 aliphatic rings. The second kappa shape index (κ2) is 27.2. The second-order valence-corrected chi connectivity index (χ2v) is 32.0. The summed E-state index contributed by atoms with van der Waals surface area (Å²) < 4.78 is 13.3. The van der Waals surface area contributed by atoms with Crippen LogP contribution in [0, 0.1) is 35.5 Å². The number of ether oxygens (including phenoxy) is 2. The number of imidazole rings is 1. The molecule has 452 valence electrons. The minimum atomic E-state index is 0.261. The number of hydrogen-bond donors (Lipinski definition) is 1. The van der Waals surface area contributed by atoms with Gasteiger partial charge in [0, 0.05) is 155 Å². The van der Waals surface area contributed by atoms with E-state index >= 15 is 0 Å². The third-order valence-corrected chi connectivity index (χ3v) is 20.4. The lowest BCUT2D eigenvalue weighted by molar-refractivity contribution is -0.0620. The largest absolute Gasteiger partial charge is 0.381 e. The van der Waals surface area contributed by atoms with Crippen LogP contribution in [0.4, 0.5) is 0 Å². The maximum atomic E-state index is 5.53. The number of fused-ring (bicyclic) bond motifs is 6. The first-order valence-electron chi connectivity index (χ1n) is 32.3. The lowest BCUT2D eigenvalue weighted by atomic mass is 9.86. The summed E-state index contributed by atoms with van der Waals surface area (Å²) in [6, 6.07) is 1.50. The van der Waals surface area contributed by atoms with Crippen LogP contribution >= 0.6 is 0 Å². The van der Waals surface area contributed by atoms with E-state index in [9.17, 15) is 0 Å². The Labute approximate surface area is 481 Å². The molecule has 13 heteroatoms. The van der Waals surface area contributed by atoms with Gasteiger partial charge in [-0.3, -0.25) is 39.2 Å². The Morgan fingerprint density at radius 3 is 1.47 bits per heavy atom. The maximum Gasteiger partial charge on any atom is 0.122 e. The van der Waals surface area contributed by atoms with Crippen molar-refractivity contribution in [3.8, 4) is 0 Å². The van der Waals surface area contributed by atoms with Gasteiger partial charge < -0.3 is 19.4 Å². The van der Waals surface area contributed by atoms with Crippen molar-refractivity contribution in [1.82, 2.24) is 54.1 Å². The van der Waals surface area contributed by atoms with Crippen LogP contribution < -0.4 is 5.32 Å². The van der Waals surface area contributed by atoms with E-state index in [0.717, 1.165) is 94.2 Å². The number of aromatic nitrogens is 2. The SMILES string of the molecule is CC(C)(C)N1CC2CNCC2C1.CC(C)(C)N1CCC2CCCC2C1.CC(C)(C)N1CCC2COCC2C1.CC(C)(C)N1CCN2CCCC2C1.CC(C)(C)N1CCN2CCOCC2C1.CC(C)(C)N1CCn2ccnc2C1. The molecule has 0 spiro atoms. The lowest BCUT2D eigenvalue weighted by Gasteiger charge is -2.48. The van der Waals surface area contributed by atoms with Crippen molar-refractivity contribution in [3.63, 3.8) is 0 Å². The van der Waals surface area contributed by atoms with Crippen LogP contribution in [0.2, 0.25) is 0 Å². The second-order valence-electron chi connectivity index (χ2n) is 32.0. The fourth-order valence-electron chi connectivity index (χ4n) is 14.6. The Kier molecular flexibility index (Phi) is 22.4. The highest BCUT2D eigenvalue weighted by Gasteiger charge is 2.41. The minimum Gasteiger partial charge on any atom is -0.381 e. The predicted molar refractivity (Wildman–Crippen MR) is 328 cm³/mol. The predicted octanol–water partition coefficient (Wildman–Crippen LogP) is 9.46. The van der Waals surface area contributed by atoms with Gasteiger partial charge in [-0.25, -0.2) is 4.98 Å². The standard InChI is InChI=1S/C12H23N.C11H22N2O.C11H22N2.C11H21NO.C10H17N3.C10H20N2/c1-12(2,3)13-8-7-10-5-4-6-11(10)9-13;1-11(2,3)13-5-4-12-6-7-14-9-10(12)8-13;1-11(2,3)13-8-7-12-6-4-5-10(12)9-13;1-11(2,3)12-5-4-9-7-13-8-10(9)6-12;1-10(2,3)13-7-6-12-5-4-11-9(12)8-13;1-10(2,3)12-6-8-4-11-5-9(8)7-12/h10-11H,4-9H2,1-3H3;10H,4-9H2,1-3H3;10H,4-9H2,1-3H3;9-10H,4-8H2,1-3H3;4-5H,6-8H2,1-3H3;8-9,11H,4-7H2,1-3H3. The van der Waals surface area contributed by atoms with Gasteiger partial charge in [0.1, 0.15) is 5.82 Å². The molecule has 8 unspecified atom stereocenters. The molecule has 10 fully saturated rings. The molecule has 1 saturated carbocycles. The van der Waals surface area contributed by atoms with Gasteiger partial charge in [-0.1, -0.05) is 12.8 Å². The fourth-order valence-corrected chi connectivity index (χ4v) is 14.6.